The molecule has 3 rings (SSSR count). The van der Waals surface area contributed by atoms with Crippen LogP contribution in [-0.2, 0) is 0 Å². The number of hydrogen-bond acceptors (Lipinski definition) is 3. The second-order valence-corrected chi connectivity index (χ2v) is 4.72. The maximum atomic E-state index is 5.88. The summed E-state index contributed by atoms with van der Waals surface area (Å²) in [5.74, 6) is 1.23. The largest absolute Gasteiger partial charge is 0.368 e. The van der Waals surface area contributed by atoms with E-state index in [-0.39, 0.29) is 5.95 Å². The smallest absolute Gasteiger partial charge is 0.221 e. The Morgan fingerprint density at radius 3 is 2.59 bits per heavy atom. The van der Waals surface area contributed by atoms with E-state index in [1.54, 1.807) is 0 Å². The minimum Gasteiger partial charge on any atom is -0.368 e. The first-order valence-corrected chi connectivity index (χ1v) is 5.97. The first-order valence-electron chi connectivity index (χ1n) is 5.59. The molecule has 0 saturated heterocycles. The Bertz CT molecular complexity index is 521. The van der Waals surface area contributed by atoms with Gasteiger partial charge < -0.3 is 5.73 Å². The van der Waals surface area contributed by atoms with Crippen molar-refractivity contribution < 1.29 is 0 Å². The van der Waals surface area contributed by atoms with Gasteiger partial charge in [0.2, 0.25) is 5.95 Å². The van der Waals surface area contributed by atoms with Gasteiger partial charge in [0.15, 0.2) is 0 Å². The Labute approximate surface area is 105 Å². The van der Waals surface area contributed by atoms with E-state index < -0.39 is 0 Å². The highest BCUT2D eigenvalue weighted by Crippen LogP contribution is 2.54. The molecule has 3 nitrogen and oxygen atoms in total. The van der Waals surface area contributed by atoms with E-state index in [0.29, 0.717) is 17.0 Å². The Kier molecular flexibility index (Phi) is 2.48. The van der Waals surface area contributed by atoms with Crippen molar-refractivity contribution in [2.24, 2.45) is 0 Å². The third-order valence-corrected chi connectivity index (χ3v) is 3.32. The van der Waals surface area contributed by atoms with Gasteiger partial charge in [-0.15, -0.1) is 0 Å². The van der Waals surface area contributed by atoms with Crippen LogP contribution in [0.15, 0.2) is 36.4 Å². The van der Waals surface area contributed by atoms with Gasteiger partial charge in [0, 0.05) is 5.92 Å². The fourth-order valence-electron chi connectivity index (χ4n) is 2.23. The van der Waals surface area contributed by atoms with E-state index in [0.717, 1.165) is 12.1 Å². The van der Waals surface area contributed by atoms with Gasteiger partial charge in [0.25, 0.3) is 0 Å². The average molecular weight is 246 g/mol. The summed E-state index contributed by atoms with van der Waals surface area (Å²) in [7, 11) is 0. The number of halogens is 1. The summed E-state index contributed by atoms with van der Waals surface area (Å²) in [4.78, 5) is 8.13. The molecule has 1 heterocycles. The number of nitrogens with two attached hydrogens (primary N) is 1. The summed E-state index contributed by atoms with van der Waals surface area (Å²) >= 11 is 5.88. The first-order chi connectivity index (χ1) is 8.24. The third kappa shape index (κ3) is 2.11. The van der Waals surface area contributed by atoms with Crippen LogP contribution in [0.5, 0.6) is 0 Å². The standard InChI is InChI=1S/C13H12ClN3/c14-12-7-11(16-13(15)17-12)10-6-9(10)8-4-2-1-3-5-8/h1-5,7,9-10H,6H2,(H2,15,16,17). The summed E-state index contributed by atoms with van der Waals surface area (Å²) in [5.41, 5.74) is 7.91. The Morgan fingerprint density at radius 1 is 1.12 bits per heavy atom. The summed E-state index contributed by atoms with van der Waals surface area (Å²) in [5, 5.41) is 0.422. The quantitative estimate of drug-likeness (QED) is 0.828. The fraction of sp³-hybridized carbons (Fsp3) is 0.231. The molecule has 0 radical (unpaired) electrons. The minimum atomic E-state index is 0.256. The van der Waals surface area contributed by atoms with Gasteiger partial charge in [-0.3, -0.25) is 0 Å². The number of aromatic nitrogens is 2. The first kappa shape index (κ1) is 10.5. The number of hydrogen-bond donors (Lipinski definition) is 1. The fourth-order valence-corrected chi connectivity index (χ4v) is 2.43. The zero-order valence-corrected chi connectivity index (χ0v) is 9.93. The predicted octanol–water partition coefficient (Wildman–Crippen LogP) is 2.98. The zero-order valence-electron chi connectivity index (χ0n) is 9.18. The normalized spacial score (nSPS) is 22.4. The molecule has 0 spiro atoms. The molecule has 1 aromatic carbocycles. The van der Waals surface area contributed by atoms with Crippen molar-refractivity contribution in [1.29, 1.82) is 0 Å². The number of nitrogen functional groups attached to an aromatic ring is 1. The summed E-state index contributed by atoms with van der Waals surface area (Å²) < 4.78 is 0. The SMILES string of the molecule is Nc1nc(Cl)cc(C2CC2c2ccccc2)n1. The maximum Gasteiger partial charge on any atom is 0.221 e. The van der Waals surface area contributed by atoms with Crippen LogP contribution in [0.25, 0.3) is 0 Å². The van der Waals surface area contributed by atoms with Crippen LogP contribution < -0.4 is 5.73 Å². The van der Waals surface area contributed by atoms with Crippen LogP contribution >= 0.6 is 11.6 Å². The highest BCUT2D eigenvalue weighted by Gasteiger charge is 2.40. The molecule has 2 N–H and O–H groups in total. The predicted molar refractivity (Wildman–Crippen MR) is 68.0 cm³/mol. The Hall–Kier alpha value is -1.61. The van der Waals surface area contributed by atoms with E-state index in [2.05, 4.69) is 34.2 Å². The van der Waals surface area contributed by atoms with E-state index in [1.807, 2.05) is 12.1 Å². The minimum absolute atomic E-state index is 0.256. The van der Waals surface area contributed by atoms with Crippen molar-refractivity contribution in [3.05, 3.63) is 52.8 Å². The van der Waals surface area contributed by atoms with Gasteiger partial charge in [0.05, 0.1) is 5.69 Å². The third-order valence-electron chi connectivity index (χ3n) is 3.13. The lowest BCUT2D eigenvalue weighted by atomic mass is 10.1. The lowest BCUT2D eigenvalue weighted by Crippen LogP contribution is -1.98. The van der Waals surface area contributed by atoms with Crippen LogP contribution in [0.3, 0.4) is 0 Å². The summed E-state index contributed by atoms with van der Waals surface area (Å²) in [6.07, 6.45) is 1.11. The maximum absolute atomic E-state index is 5.88. The van der Waals surface area contributed by atoms with Crippen molar-refractivity contribution in [3.8, 4) is 0 Å². The van der Waals surface area contributed by atoms with Crippen LogP contribution in [-0.4, -0.2) is 9.97 Å². The molecule has 1 aromatic heterocycles. The molecule has 17 heavy (non-hydrogen) atoms. The van der Waals surface area contributed by atoms with Gasteiger partial charge >= 0.3 is 0 Å². The highest BCUT2D eigenvalue weighted by molar-refractivity contribution is 6.29. The van der Waals surface area contributed by atoms with Gasteiger partial charge in [-0.05, 0) is 24.0 Å². The van der Waals surface area contributed by atoms with Crippen molar-refractivity contribution in [3.63, 3.8) is 0 Å². The van der Waals surface area contributed by atoms with E-state index in [9.17, 15) is 0 Å². The molecule has 0 aliphatic heterocycles. The van der Waals surface area contributed by atoms with Crippen LogP contribution in [0, 0.1) is 0 Å². The molecule has 86 valence electrons. The van der Waals surface area contributed by atoms with Crippen molar-refractivity contribution in [2.75, 3.05) is 5.73 Å². The molecule has 2 atom stereocenters. The molecular formula is C13H12ClN3. The van der Waals surface area contributed by atoms with E-state index >= 15 is 0 Å². The summed E-state index contributed by atoms with van der Waals surface area (Å²) in [6.45, 7) is 0. The lowest BCUT2D eigenvalue weighted by molar-refractivity contribution is 0.953. The average Bonchev–Trinajstić information content (AvgIpc) is 3.09. The second kappa shape index (κ2) is 4.00. The van der Waals surface area contributed by atoms with Gasteiger partial charge in [-0.25, -0.2) is 9.97 Å². The number of nitrogens with zero attached hydrogens (tertiary/aromatic N) is 2. The molecule has 4 heteroatoms. The number of anilines is 1. The molecular weight excluding hydrogens is 234 g/mol. The molecule has 2 aromatic rings. The molecule has 0 amide bonds. The van der Waals surface area contributed by atoms with E-state index in [4.69, 9.17) is 17.3 Å². The topological polar surface area (TPSA) is 51.8 Å². The van der Waals surface area contributed by atoms with Gasteiger partial charge in [-0.1, -0.05) is 41.9 Å². The lowest BCUT2D eigenvalue weighted by Gasteiger charge is -2.02. The monoisotopic (exact) mass is 245 g/mol. The van der Waals surface area contributed by atoms with Crippen molar-refractivity contribution in [2.45, 2.75) is 18.3 Å². The number of rotatable bonds is 2. The number of benzene rings is 1. The molecule has 1 aliphatic rings. The second-order valence-electron chi connectivity index (χ2n) is 4.33. The molecule has 1 aliphatic carbocycles. The molecule has 0 bridgehead atoms. The molecule has 1 fully saturated rings. The van der Waals surface area contributed by atoms with Crippen LogP contribution in [0.4, 0.5) is 5.95 Å². The van der Waals surface area contributed by atoms with E-state index in [1.165, 1.54) is 5.56 Å². The summed E-state index contributed by atoms with van der Waals surface area (Å²) in [6, 6.07) is 12.3. The Balaban J connectivity index is 1.85. The zero-order chi connectivity index (χ0) is 11.8. The van der Waals surface area contributed by atoms with Gasteiger partial charge in [-0.2, -0.15) is 0 Å². The van der Waals surface area contributed by atoms with Crippen molar-refractivity contribution >= 4 is 17.5 Å². The molecule has 1 saturated carbocycles. The Morgan fingerprint density at radius 2 is 1.88 bits per heavy atom. The van der Waals surface area contributed by atoms with Crippen LogP contribution in [0.2, 0.25) is 5.15 Å². The van der Waals surface area contributed by atoms with Crippen molar-refractivity contribution in [1.82, 2.24) is 9.97 Å². The highest BCUT2D eigenvalue weighted by atomic mass is 35.5. The molecule has 2 unspecified atom stereocenters. The van der Waals surface area contributed by atoms with Crippen LogP contribution in [0.1, 0.15) is 29.5 Å². The van der Waals surface area contributed by atoms with Gasteiger partial charge in [0.1, 0.15) is 5.15 Å².